The van der Waals surface area contributed by atoms with Crippen LogP contribution in [0.5, 0.6) is 5.75 Å². The van der Waals surface area contributed by atoms with Crippen molar-refractivity contribution >= 4 is 0 Å². The van der Waals surface area contributed by atoms with Crippen molar-refractivity contribution < 1.29 is 14.6 Å². The fraction of sp³-hybridized carbons (Fsp3) is 0.500. The highest BCUT2D eigenvalue weighted by Gasteiger charge is 2.19. The van der Waals surface area contributed by atoms with Crippen LogP contribution in [-0.2, 0) is 11.3 Å². The lowest BCUT2D eigenvalue weighted by molar-refractivity contribution is -0.000523. The number of aryl methyl sites for hydroxylation is 2. The molecule has 158 valence electrons. The number of nitrogens with zero attached hydrogens (tertiary/aromatic N) is 2. The molecule has 29 heavy (non-hydrogen) atoms. The molecule has 0 spiro atoms. The minimum Gasteiger partial charge on any atom is -0.491 e. The summed E-state index contributed by atoms with van der Waals surface area (Å²) in [4.78, 5) is 4.79. The lowest BCUT2D eigenvalue weighted by Crippen LogP contribution is -2.48. The van der Waals surface area contributed by atoms with Gasteiger partial charge >= 0.3 is 0 Å². The number of hydrogen-bond donors (Lipinski definition) is 1. The van der Waals surface area contributed by atoms with Crippen molar-refractivity contribution in [3.05, 3.63) is 65.2 Å². The maximum atomic E-state index is 10.3. The number of hydrogen-bond acceptors (Lipinski definition) is 5. The van der Waals surface area contributed by atoms with Crippen LogP contribution in [0, 0.1) is 13.8 Å². The Balaban J connectivity index is 1.27. The second-order valence-electron chi connectivity index (χ2n) is 7.86. The van der Waals surface area contributed by atoms with Crippen molar-refractivity contribution in [3.63, 3.8) is 0 Å². The summed E-state index contributed by atoms with van der Waals surface area (Å²) in [6.45, 7) is 11.1. The van der Waals surface area contributed by atoms with Gasteiger partial charge in [0.05, 0.1) is 19.3 Å². The second-order valence-corrected chi connectivity index (χ2v) is 7.86. The second kappa shape index (κ2) is 11.3. The third-order valence-electron chi connectivity index (χ3n) is 5.38. The van der Waals surface area contributed by atoms with Crippen LogP contribution in [0.1, 0.15) is 16.7 Å². The Morgan fingerprint density at radius 2 is 1.52 bits per heavy atom. The third kappa shape index (κ3) is 7.12. The molecule has 1 aliphatic heterocycles. The molecule has 1 N–H and O–H groups in total. The summed E-state index contributed by atoms with van der Waals surface area (Å²) >= 11 is 0. The molecule has 1 fully saturated rings. The van der Waals surface area contributed by atoms with Crippen LogP contribution >= 0.6 is 0 Å². The number of β-amino-alcohol motifs (C(OH)–C–C–N with tert-alkyl or cyclic N) is 1. The Bertz CT molecular complexity index is 710. The van der Waals surface area contributed by atoms with E-state index in [9.17, 15) is 5.11 Å². The zero-order valence-electron chi connectivity index (χ0n) is 17.7. The van der Waals surface area contributed by atoms with Gasteiger partial charge in [0.25, 0.3) is 0 Å². The van der Waals surface area contributed by atoms with Gasteiger partial charge in [-0.3, -0.25) is 9.80 Å². The molecule has 3 rings (SSSR count). The minimum atomic E-state index is -0.462. The van der Waals surface area contributed by atoms with Crippen LogP contribution in [0.3, 0.4) is 0 Å². The van der Waals surface area contributed by atoms with Gasteiger partial charge in [0.1, 0.15) is 12.4 Å². The molecular weight excluding hydrogens is 364 g/mol. The van der Waals surface area contributed by atoms with E-state index in [1.165, 1.54) is 5.56 Å². The van der Waals surface area contributed by atoms with Gasteiger partial charge in [-0.15, -0.1) is 0 Å². The monoisotopic (exact) mass is 398 g/mol. The third-order valence-corrected chi connectivity index (χ3v) is 5.38. The topological polar surface area (TPSA) is 45.2 Å². The molecule has 1 heterocycles. The van der Waals surface area contributed by atoms with Gasteiger partial charge in [-0.25, -0.2) is 0 Å². The van der Waals surface area contributed by atoms with Crippen molar-refractivity contribution in [2.45, 2.75) is 26.5 Å². The predicted molar refractivity (Wildman–Crippen MR) is 116 cm³/mol. The molecule has 1 unspecified atom stereocenters. The summed E-state index contributed by atoms with van der Waals surface area (Å²) in [6.07, 6.45) is -0.462. The fourth-order valence-corrected chi connectivity index (χ4v) is 3.77. The van der Waals surface area contributed by atoms with E-state index in [1.54, 1.807) is 0 Å². The molecule has 0 saturated carbocycles. The zero-order chi connectivity index (χ0) is 20.5. The zero-order valence-corrected chi connectivity index (χ0v) is 17.7. The standard InChI is InChI=1S/C24H34N2O3/c1-20-7-6-8-21(2)24(20)29-16-15-28-19-23(27)18-26-13-11-25(12-14-26)17-22-9-4-3-5-10-22/h3-10,23,27H,11-19H2,1-2H3. The van der Waals surface area contributed by atoms with E-state index in [2.05, 4.69) is 40.1 Å². The fourth-order valence-electron chi connectivity index (χ4n) is 3.77. The molecule has 0 bridgehead atoms. The van der Waals surface area contributed by atoms with Gasteiger partial charge < -0.3 is 14.6 Å². The molecule has 2 aromatic rings. The molecule has 1 saturated heterocycles. The highest BCUT2D eigenvalue weighted by molar-refractivity contribution is 5.39. The van der Waals surface area contributed by atoms with Crippen LogP contribution in [0.4, 0.5) is 0 Å². The van der Waals surface area contributed by atoms with Crippen molar-refractivity contribution in [2.75, 3.05) is 52.5 Å². The lowest BCUT2D eigenvalue weighted by Gasteiger charge is -2.35. The average Bonchev–Trinajstić information content (AvgIpc) is 2.72. The van der Waals surface area contributed by atoms with E-state index in [4.69, 9.17) is 9.47 Å². The number of benzene rings is 2. The van der Waals surface area contributed by atoms with Gasteiger partial charge in [-0.1, -0.05) is 48.5 Å². The van der Waals surface area contributed by atoms with Crippen molar-refractivity contribution in [1.29, 1.82) is 0 Å². The van der Waals surface area contributed by atoms with E-state index in [1.807, 2.05) is 32.0 Å². The first-order valence-electron chi connectivity index (χ1n) is 10.6. The quantitative estimate of drug-likeness (QED) is 0.624. The first-order valence-corrected chi connectivity index (χ1v) is 10.6. The number of rotatable bonds is 10. The number of aliphatic hydroxyl groups is 1. The summed E-state index contributed by atoms with van der Waals surface area (Å²) in [7, 11) is 0. The Kier molecular flexibility index (Phi) is 8.50. The smallest absolute Gasteiger partial charge is 0.125 e. The first kappa shape index (κ1) is 21.8. The summed E-state index contributed by atoms with van der Waals surface area (Å²) in [5.41, 5.74) is 3.63. The Hall–Kier alpha value is -1.92. The summed E-state index contributed by atoms with van der Waals surface area (Å²) in [6, 6.07) is 16.7. The Morgan fingerprint density at radius 3 is 2.21 bits per heavy atom. The first-order chi connectivity index (χ1) is 14.1. The molecule has 2 aromatic carbocycles. The Morgan fingerprint density at radius 1 is 0.862 bits per heavy atom. The van der Waals surface area contributed by atoms with Crippen LogP contribution in [0.2, 0.25) is 0 Å². The van der Waals surface area contributed by atoms with Crippen LogP contribution < -0.4 is 4.74 Å². The minimum absolute atomic E-state index is 0.348. The van der Waals surface area contributed by atoms with Gasteiger partial charge in [-0.05, 0) is 30.5 Å². The average molecular weight is 399 g/mol. The van der Waals surface area contributed by atoms with Crippen molar-refractivity contribution in [1.82, 2.24) is 9.80 Å². The van der Waals surface area contributed by atoms with Crippen molar-refractivity contribution in [3.8, 4) is 5.75 Å². The molecule has 0 radical (unpaired) electrons. The molecular formula is C24H34N2O3. The molecule has 1 atom stereocenters. The highest BCUT2D eigenvalue weighted by atomic mass is 16.5. The Labute approximate surface area is 174 Å². The molecule has 0 aromatic heterocycles. The molecule has 5 heteroatoms. The molecule has 1 aliphatic rings. The maximum absolute atomic E-state index is 10.3. The predicted octanol–water partition coefficient (Wildman–Crippen LogP) is 2.88. The summed E-state index contributed by atoms with van der Waals surface area (Å²) in [5, 5.41) is 10.3. The SMILES string of the molecule is Cc1cccc(C)c1OCCOCC(O)CN1CCN(Cc2ccccc2)CC1. The summed E-state index contributed by atoms with van der Waals surface area (Å²) in [5.74, 6) is 0.935. The van der Waals surface area contributed by atoms with E-state index in [-0.39, 0.29) is 0 Å². The van der Waals surface area contributed by atoms with Crippen LogP contribution in [0.15, 0.2) is 48.5 Å². The molecule has 5 nitrogen and oxygen atoms in total. The molecule has 0 amide bonds. The molecule has 0 aliphatic carbocycles. The van der Waals surface area contributed by atoms with E-state index < -0.39 is 6.10 Å². The van der Waals surface area contributed by atoms with E-state index in [0.717, 1.165) is 49.6 Å². The van der Waals surface area contributed by atoms with Gasteiger partial charge in [0.2, 0.25) is 0 Å². The normalized spacial score (nSPS) is 16.7. The highest BCUT2D eigenvalue weighted by Crippen LogP contribution is 2.22. The lowest BCUT2D eigenvalue weighted by atomic mass is 10.1. The van der Waals surface area contributed by atoms with Crippen molar-refractivity contribution in [2.24, 2.45) is 0 Å². The largest absolute Gasteiger partial charge is 0.491 e. The number of para-hydroxylation sites is 1. The van der Waals surface area contributed by atoms with Gasteiger partial charge in [0, 0.05) is 39.3 Å². The van der Waals surface area contributed by atoms with Gasteiger partial charge in [-0.2, -0.15) is 0 Å². The summed E-state index contributed by atoms with van der Waals surface area (Å²) < 4.78 is 11.5. The maximum Gasteiger partial charge on any atom is 0.125 e. The number of aliphatic hydroxyl groups excluding tert-OH is 1. The number of piperazine rings is 1. The van der Waals surface area contributed by atoms with Gasteiger partial charge in [0.15, 0.2) is 0 Å². The van der Waals surface area contributed by atoms with E-state index in [0.29, 0.717) is 26.4 Å². The number of ether oxygens (including phenoxy) is 2. The van der Waals surface area contributed by atoms with E-state index >= 15 is 0 Å². The van der Waals surface area contributed by atoms with Crippen LogP contribution in [0.25, 0.3) is 0 Å². The van der Waals surface area contributed by atoms with Crippen LogP contribution in [-0.4, -0.2) is 73.6 Å².